The van der Waals surface area contributed by atoms with Crippen molar-refractivity contribution in [3.8, 4) is 0 Å². The summed E-state index contributed by atoms with van der Waals surface area (Å²) in [6.07, 6.45) is 0.812. The van der Waals surface area contributed by atoms with Gasteiger partial charge >= 0.3 is 0 Å². The second kappa shape index (κ2) is 3.16. The molecule has 1 aliphatic rings. The van der Waals surface area contributed by atoms with Gasteiger partial charge in [-0.15, -0.1) is 11.3 Å². The number of rotatable bonds is 2. The molecule has 1 atom stereocenters. The van der Waals surface area contributed by atoms with Crippen LogP contribution in [-0.2, 0) is 4.79 Å². The third-order valence-electron chi connectivity index (χ3n) is 2.06. The van der Waals surface area contributed by atoms with E-state index in [4.69, 9.17) is 17.3 Å². The van der Waals surface area contributed by atoms with E-state index in [1.165, 1.54) is 11.3 Å². The lowest BCUT2D eigenvalue weighted by Crippen LogP contribution is -2.55. The highest BCUT2D eigenvalue weighted by Gasteiger charge is 2.34. The molecule has 4 nitrogen and oxygen atoms in total. The number of nitrogens with zero attached hydrogens (tertiary/aromatic N) is 2. The Balaban J connectivity index is 2.14. The second-order valence-electron chi connectivity index (χ2n) is 2.85. The summed E-state index contributed by atoms with van der Waals surface area (Å²) in [7, 11) is 0. The average Bonchev–Trinajstić information content (AvgIpc) is 2.32. The second-order valence-corrected chi connectivity index (χ2v) is 4.08. The molecule has 70 valence electrons. The molecule has 0 radical (unpaired) electrons. The number of nitrogens with two attached hydrogens (primary N) is 1. The molecule has 1 amide bonds. The van der Waals surface area contributed by atoms with Gasteiger partial charge in [0.05, 0.1) is 0 Å². The number of thiazole rings is 1. The quantitative estimate of drug-likeness (QED) is 0.800. The van der Waals surface area contributed by atoms with Crippen LogP contribution in [0.1, 0.15) is 6.42 Å². The Labute approximate surface area is 84.3 Å². The molecule has 1 unspecified atom stereocenters. The molecule has 0 spiro atoms. The predicted octanol–water partition coefficient (Wildman–Crippen LogP) is 0.861. The van der Waals surface area contributed by atoms with Crippen molar-refractivity contribution in [2.45, 2.75) is 12.5 Å². The summed E-state index contributed by atoms with van der Waals surface area (Å²) in [5.74, 6) is -0.294. The minimum Gasteiger partial charge on any atom is -0.368 e. The van der Waals surface area contributed by atoms with E-state index in [2.05, 4.69) is 4.98 Å². The monoisotopic (exact) mass is 217 g/mol. The van der Waals surface area contributed by atoms with Gasteiger partial charge in [0.15, 0.2) is 5.13 Å². The smallest absolute Gasteiger partial charge is 0.240 e. The standard InChI is InChI=1S/C7H8ClN3OS/c8-5-3-13-7(10-5)11-2-1-4(11)6(9)12/h3-4H,1-2H2,(H2,9,12). The lowest BCUT2D eigenvalue weighted by molar-refractivity contribution is -0.120. The Bertz CT molecular complexity index is 340. The molecule has 0 aromatic carbocycles. The van der Waals surface area contributed by atoms with Crippen LogP contribution >= 0.6 is 22.9 Å². The minimum absolute atomic E-state index is 0.192. The van der Waals surface area contributed by atoms with Gasteiger partial charge < -0.3 is 10.6 Å². The first-order valence-corrected chi connectivity index (χ1v) is 5.11. The highest BCUT2D eigenvalue weighted by atomic mass is 35.5. The number of carbonyl (C=O) groups excluding carboxylic acids is 1. The van der Waals surface area contributed by atoms with Crippen LogP contribution in [-0.4, -0.2) is 23.5 Å². The molecule has 0 aliphatic carbocycles. The SMILES string of the molecule is NC(=O)C1CCN1c1nc(Cl)cs1. The Kier molecular flexibility index (Phi) is 2.13. The highest BCUT2D eigenvalue weighted by Crippen LogP contribution is 2.30. The summed E-state index contributed by atoms with van der Waals surface area (Å²) in [5, 5.41) is 2.99. The summed E-state index contributed by atoms with van der Waals surface area (Å²) >= 11 is 7.10. The van der Waals surface area contributed by atoms with E-state index in [1.807, 2.05) is 4.90 Å². The van der Waals surface area contributed by atoms with Crippen LogP contribution in [0.2, 0.25) is 5.15 Å². The summed E-state index contributed by atoms with van der Waals surface area (Å²) in [6.45, 7) is 0.831. The van der Waals surface area contributed by atoms with Crippen LogP contribution in [0.25, 0.3) is 0 Å². The van der Waals surface area contributed by atoms with Crippen LogP contribution in [0.4, 0.5) is 5.13 Å². The Morgan fingerprint density at radius 1 is 1.85 bits per heavy atom. The zero-order valence-corrected chi connectivity index (χ0v) is 8.31. The normalized spacial score (nSPS) is 21.3. The van der Waals surface area contributed by atoms with Crippen molar-refractivity contribution in [2.24, 2.45) is 5.73 Å². The molecule has 13 heavy (non-hydrogen) atoms. The van der Waals surface area contributed by atoms with Gasteiger partial charge in [-0.25, -0.2) is 4.98 Å². The molecule has 1 saturated heterocycles. The maximum Gasteiger partial charge on any atom is 0.240 e. The van der Waals surface area contributed by atoms with E-state index in [1.54, 1.807) is 5.38 Å². The molecule has 1 fully saturated rings. The summed E-state index contributed by atoms with van der Waals surface area (Å²) in [4.78, 5) is 16.8. The van der Waals surface area contributed by atoms with Crippen molar-refractivity contribution >= 4 is 34.0 Å². The molecule has 1 aromatic heterocycles. The van der Waals surface area contributed by atoms with Gasteiger partial charge in [-0.3, -0.25) is 4.79 Å². The number of amides is 1. The molecule has 1 aromatic rings. The van der Waals surface area contributed by atoms with Crippen molar-refractivity contribution in [1.82, 2.24) is 4.98 Å². The Morgan fingerprint density at radius 3 is 3.00 bits per heavy atom. The molecule has 2 N–H and O–H groups in total. The van der Waals surface area contributed by atoms with Gasteiger partial charge in [0, 0.05) is 11.9 Å². The molecule has 6 heteroatoms. The minimum atomic E-state index is -0.294. The van der Waals surface area contributed by atoms with Crippen LogP contribution in [0.15, 0.2) is 5.38 Å². The fourth-order valence-corrected chi connectivity index (χ4v) is 2.31. The van der Waals surface area contributed by atoms with E-state index in [-0.39, 0.29) is 11.9 Å². The molecular weight excluding hydrogens is 210 g/mol. The largest absolute Gasteiger partial charge is 0.368 e. The van der Waals surface area contributed by atoms with Gasteiger partial charge in [0.25, 0.3) is 0 Å². The predicted molar refractivity (Wildman–Crippen MR) is 52.1 cm³/mol. The van der Waals surface area contributed by atoms with Crippen LogP contribution < -0.4 is 10.6 Å². The zero-order valence-electron chi connectivity index (χ0n) is 6.74. The topological polar surface area (TPSA) is 59.2 Å². The number of hydrogen-bond acceptors (Lipinski definition) is 4. The fraction of sp³-hybridized carbons (Fsp3) is 0.429. The third kappa shape index (κ3) is 1.49. The van der Waals surface area contributed by atoms with Gasteiger partial charge in [0.1, 0.15) is 11.2 Å². The van der Waals surface area contributed by atoms with Crippen molar-refractivity contribution < 1.29 is 4.79 Å². The van der Waals surface area contributed by atoms with Crippen molar-refractivity contribution in [1.29, 1.82) is 0 Å². The maximum absolute atomic E-state index is 10.9. The fourth-order valence-electron chi connectivity index (χ4n) is 1.29. The Hall–Kier alpha value is -0.810. The molecule has 0 saturated carbocycles. The van der Waals surface area contributed by atoms with Gasteiger partial charge in [-0.2, -0.15) is 0 Å². The van der Waals surface area contributed by atoms with Gasteiger partial charge in [0.2, 0.25) is 5.91 Å². The van der Waals surface area contributed by atoms with Gasteiger partial charge in [-0.1, -0.05) is 11.6 Å². The number of halogens is 1. The zero-order chi connectivity index (χ0) is 9.42. The van der Waals surface area contributed by atoms with E-state index in [9.17, 15) is 4.79 Å². The third-order valence-corrected chi connectivity index (χ3v) is 3.26. The number of aromatic nitrogens is 1. The summed E-state index contributed by atoms with van der Waals surface area (Å²) in [6, 6.07) is -0.192. The lowest BCUT2D eigenvalue weighted by Gasteiger charge is -2.38. The number of primary amides is 1. The molecular formula is C7H8ClN3OS. The van der Waals surface area contributed by atoms with E-state index in [0.717, 1.165) is 18.1 Å². The summed E-state index contributed by atoms with van der Waals surface area (Å²) < 4.78 is 0. The Morgan fingerprint density at radius 2 is 2.62 bits per heavy atom. The molecule has 2 heterocycles. The molecule has 1 aliphatic heterocycles. The summed E-state index contributed by atoms with van der Waals surface area (Å²) in [5.41, 5.74) is 5.20. The maximum atomic E-state index is 10.9. The van der Waals surface area contributed by atoms with Crippen LogP contribution in [0.3, 0.4) is 0 Å². The van der Waals surface area contributed by atoms with Crippen molar-refractivity contribution in [3.63, 3.8) is 0 Å². The first-order chi connectivity index (χ1) is 6.18. The lowest BCUT2D eigenvalue weighted by atomic mass is 10.0. The van der Waals surface area contributed by atoms with E-state index in [0.29, 0.717) is 5.15 Å². The highest BCUT2D eigenvalue weighted by molar-refractivity contribution is 7.14. The van der Waals surface area contributed by atoms with E-state index >= 15 is 0 Å². The number of hydrogen-bond donors (Lipinski definition) is 1. The number of carbonyl (C=O) groups is 1. The van der Waals surface area contributed by atoms with Gasteiger partial charge in [-0.05, 0) is 6.42 Å². The number of anilines is 1. The van der Waals surface area contributed by atoms with Crippen molar-refractivity contribution in [2.75, 3.05) is 11.4 Å². The molecule has 2 rings (SSSR count). The molecule has 0 bridgehead atoms. The van der Waals surface area contributed by atoms with Crippen LogP contribution in [0, 0.1) is 0 Å². The first kappa shape index (κ1) is 8.77. The van der Waals surface area contributed by atoms with Crippen LogP contribution in [0.5, 0.6) is 0 Å². The van der Waals surface area contributed by atoms with E-state index < -0.39 is 0 Å². The first-order valence-electron chi connectivity index (χ1n) is 3.85. The van der Waals surface area contributed by atoms with Crippen molar-refractivity contribution in [3.05, 3.63) is 10.5 Å². The average molecular weight is 218 g/mol.